The summed E-state index contributed by atoms with van der Waals surface area (Å²) in [4.78, 5) is 7.57. The second kappa shape index (κ2) is 5.09. The van der Waals surface area contributed by atoms with E-state index in [1.54, 1.807) is 11.3 Å². The lowest BCUT2D eigenvalue weighted by Gasteiger charge is -2.33. The van der Waals surface area contributed by atoms with Crippen LogP contribution in [-0.2, 0) is 6.54 Å². The summed E-state index contributed by atoms with van der Waals surface area (Å²) in [6, 6.07) is 0. The molecular formula is C10H18N4OS. The van der Waals surface area contributed by atoms with Gasteiger partial charge in [0.15, 0.2) is 5.13 Å². The molecule has 4 N–H and O–H groups in total. The number of aliphatic hydroxyl groups excluding tert-OH is 1. The lowest BCUT2D eigenvalue weighted by Crippen LogP contribution is -2.42. The summed E-state index contributed by atoms with van der Waals surface area (Å²) in [6.07, 6.45) is 2.69. The number of nitrogen functional groups attached to an aromatic ring is 1. The fourth-order valence-corrected chi connectivity index (χ4v) is 2.69. The van der Waals surface area contributed by atoms with E-state index in [1.165, 1.54) is 4.88 Å². The van der Waals surface area contributed by atoms with Crippen LogP contribution in [0, 0.1) is 5.92 Å². The first-order valence-electron chi connectivity index (χ1n) is 5.51. The monoisotopic (exact) mass is 242 g/mol. The molecule has 1 aromatic heterocycles. The van der Waals surface area contributed by atoms with E-state index in [1.807, 2.05) is 6.20 Å². The highest BCUT2D eigenvalue weighted by atomic mass is 32.1. The van der Waals surface area contributed by atoms with E-state index in [4.69, 9.17) is 5.84 Å². The minimum absolute atomic E-state index is 0.200. The first-order chi connectivity index (χ1) is 7.69. The summed E-state index contributed by atoms with van der Waals surface area (Å²) in [5.74, 6) is 5.70. The predicted molar refractivity (Wildman–Crippen MR) is 65.0 cm³/mol. The van der Waals surface area contributed by atoms with Crippen LogP contribution in [0.3, 0.4) is 0 Å². The molecule has 1 aromatic rings. The summed E-state index contributed by atoms with van der Waals surface area (Å²) < 4.78 is 0. The topological polar surface area (TPSA) is 74.4 Å². The van der Waals surface area contributed by atoms with E-state index in [0.29, 0.717) is 5.92 Å². The Hall–Kier alpha value is -0.690. The fourth-order valence-electron chi connectivity index (χ4n) is 1.93. The van der Waals surface area contributed by atoms with Crippen molar-refractivity contribution in [2.45, 2.75) is 26.0 Å². The molecule has 2 atom stereocenters. The van der Waals surface area contributed by atoms with Crippen LogP contribution in [0.25, 0.3) is 0 Å². The van der Waals surface area contributed by atoms with Gasteiger partial charge in [0.25, 0.3) is 0 Å². The maximum absolute atomic E-state index is 9.79. The molecular weight excluding hydrogens is 224 g/mol. The van der Waals surface area contributed by atoms with Crippen LogP contribution in [0.1, 0.15) is 18.2 Å². The third kappa shape index (κ3) is 2.70. The van der Waals surface area contributed by atoms with Gasteiger partial charge >= 0.3 is 0 Å². The number of aliphatic hydroxyl groups is 1. The van der Waals surface area contributed by atoms with Crippen molar-refractivity contribution in [2.75, 3.05) is 18.5 Å². The van der Waals surface area contributed by atoms with Crippen LogP contribution in [-0.4, -0.2) is 34.2 Å². The molecule has 0 amide bonds. The third-order valence-corrected chi connectivity index (χ3v) is 3.97. The van der Waals surface area contributed by atoms with Gasteiger partial charge in [-0.1, -0.05) is 18.3 Å². The Morgan fingerprint density at radius 3 is 3.19 bits per heavy atom. The molecule has 2 rings (SSSR count). The molecule has 1 aliphatic heterocycles. The fraction of sp³-hybridized carbons (Fsp3) is 0.700. The van der Waals surface area contributed by atoms with Crippen molar-refractivity contribution < 1.29 is 5.11 Å². The number of hydrazine groups is 1. The normalized spacial score (nSPS) is 26.9. The molecule has 5 nitrogen and oxygen atoms in total. The zero-order chi connectivity index (χ0) is 11.5. The minimum atomic E-state index is -0.200. The van der Waals surface area contributed by atoms with Crippen molar-refractivity contribution in [3.63, 3.8) is 0 Å². The standard InChI is InChI=1S/C10H18N4OS/c1-7-2-3-14(6-9(7)15)5-8-4-12-10(13-11)16-8/h4,7,9,15H,2-3,5-6,11H2,1H3,(H,12,13). The van der Waals surface area contributed by atoms with Gasteiger partial charge in [-0.05, 0) is 18.9 Å². The number of nitrogens with one attached hydrogen (secondary N) is 1. The smallest absolute Gasteiger partial charge is 0.197 e. The van der Waals surface area contributed by atoms with Gasteiger partial charge in [0, 0.05) is 24.2 Å². The number of hydrogen-bond acceptors (Lipinski definition) is 6. The van der Waals surface area contributed by atoms with Crippen molar-refractivity contribution in [3.05, 3.63) is 11.1 Å². The largest absolute Gasteiger partial charge is 0.392 e. The third-order valence-electron chi connectivity index (χ3n) is 3.06. The van der Waals surface area contributed by atoms with Gasteiger partial charge in [-0.25, -0.2) is 10.8 Å². The lowest BCUT2D eigenvalue weighted by atomic mass is 9.96. The molecule has 16 heavy (non-hydrogen) atoms. The molecule has 1 aliphatic rings. The Balaban J connectivity index is 1.90. The van der Waals surface area contributed by atoms with Gasteiger partial charge in [-0.15, -0.1) is 0 Å². The molecule has 6 heteroatoms. The predicted octanol–water partition coefficient (Wildman–Crippen LogP) is 0.631. The summed E-state index contributed by atoms with van der Waals surface area (Å²) >= 11 is 1.56. The van der Waals surface area contributed by atoms with E-state index in [0.717, 1.165) is 31.2 Å². The number of likely N-dealkylation sites (tertiary alicyclic amines) is 1. The maximum Gasteiger partial charge on any atom is 0.197 e. The number of nitrogens with two attached hydrogens (primary N) is 1. The Kier molecular flexibility index (Phi) is 3.75. The minimum Gasteiger partial charge on any atom is -0.392 e. The zero-order valence-corrected chi connectivity index (χ0v) is 10.2. The highest BCUT2D eigenvalue weighted by Crippen LogP contribution is 2.22. The van der Waals surface area contributed by atoms with E-state index >= 15 is 0 Å². The van der Waals surface area contributed by atoms with Crippen molar-refractivity contribution in [3.8, 4) is 0 Å². The molecule has 90 valence electrons. The molecule has 0 radical (unpaired) electrons. The van der Waals surface area contributed by atoms with Crippen LogP contribution in [0.5, 0.6) is 0 Å². The van der Waals surface area contributed by atoms with Crippen LogP contribution >= 0.6 is 11.3 Å². The number of piperidine rings is 1. The number of thiazole rings is 1. The second-order valence-corrected chi connectivity index (χ2v) is 5.46. The average molecular weight is 242 g/mol. The molecule has 0 aliphatic carbocycles. The number of nitrogens with zero attached hydrogens (tertiary/aromatic N) is 2. The molecule has 0 saturated carbocycles. The van der Waals surface area contributed by atoms with Crippen LogP contribution in [0.4, 0.5) is 5.13 Å². The highest BCUT2D eigenvalue weighted by Gasteiger charge is 2.24. The summed E-state index contributed by atoms with van der Waals surface area (Å²) in [5, 5.41) is 10.5. The van der Waals surface area contributed by atoms with E-state index in [9.17, 15) is 5.11 Å². The van der Waals surface area contributed by atoms with Crippen LogP contribution < -0.4 is 11.3 Å². The number of anilines is 1. The van der Waals surface area contributed by atoms with Crippen molar-refractivity contribution in [1.82, 2.24) is 9.88 Å². The highest BCUT2D eigenvalue weighted by molar-refractivity contribution is 7.15. The summed E-state index contributed by atoms with van der Waals surface area (Å²) in [5.41, 5.74) is 2.54. The maximum atomic E-state index is 9.79. The first kappa shape index (κ1) is 11.8. The molecule has 1 fully saturated rings. The van der Waals surface area contributed by atoms with Crippen molar-refractivity contribution in [2.24, 2.45) is 11.8 Å². The first-order valence-corrected chi connectivity index (χ1v) is 6.32. The number of aromatic nitrogens is 1. The quantitative estimate of drug-likeness (QED) is 0.535. The number of β-amino-alcohol motifs (C(OH)–C–C–N with tert-alkyl or cyclic N) is 1. The summed E-state index contributed by atoms with van der Waals surface area (Å²) in [7, 11) is 0. The molecule has 0 spiro atoms. The van der Waals surface area contributed by atoms with Gasteiger partial charge in [-0.2, -0.15) is 0 Å². The zero-order valence-electron chi connectivity index (χ0n) is 9.39. The van der Waals surface area contributed by atoms with Gasteiger partial charge in [0.05, 0.1) is 6.10 Å². The van der Waals surface area contributed by atoms with E-state index in [-0.39, 0.29) is 6.10 Å². The molecule has 2 heterocycles. The van der Waals surface area contributed by atoms with Crippen LogP contribution in [0.15, 0.2) is 6.20 Å². The Bertz CT molecular complexity index is 343. The number of hydrogen-bond donors (Lipinski definition) is 3. The van der Waals surface area contributed by atoms with Crippen molar-refractivity contribution in [1.29, 1.82) is 0 Å². The van der Waals surface area contributed by atoms with Gasteiger partial charge in [0.1, 0.15) is 0 Å². The molecule has 0 aromatic carbocycles. The SMILES string of the molecule is CC1CCN(Cc2cnc(NN)s2)CC1O. The Morgan fingerprint density at radius 2 is 2.56 bits per heavy atom. The molecule has 1 saturated heterocycles. The molecule has 0 bridgehead atoms. The van der Waals surface area contributed by atoms with E-state index in [2.05, 4.69) is 22.2 Å². The second-order valence-electron chi connectivity index (χ2n) is 4.34. The van der Waals surface area contributed by atoms with Gasteiger partial charge in [-0.3, -0.25) is 10.3 Å². The van der Waals surface area contributed by atoms with Crippen LogP contribution in [0.2, 0.25) is 0 Å². The molecule has 2 unspecified atom stereocenters. The van der Waals surface area contributed by atoms with Gasteiger partial charge < -0.3 is 5.11 Å². The average Bonchev–Trinajstić information content (AvgIpc) is 2.71. The van der Waals surface area contributed by atoms with Gasteiger partial charge in [0.2, 0.25) is 0 Å². The van der Waals surface area contributed by atoms with Crippen molar-refractivity contribution >= 4 is 16.5 Å². The lowest BCUT2D eigenvalue weighted by molar-refractivity contribution is 0.0263. The van der Waals surface area contributed by atoms with E-state index < -0.39 is 0 Å². The summed E-state index contributed by atoms with van der Waals surface area (Å²) in [6.45, 7) is 4.75. The Morgan fingerprint density at radius 1 is 1.75 bits per heavy atom. The Labute approximate surface area is 99.3 Å². The number of rotatable bonds is 3.